The van der Waals surface area contributed by atoms with Gasteiger partial charge in [-0.2, -0.15) is 27.2 Å². The summed E-state index contributed by atoms with van der Waals surface area (Å²) in [5.74, 6) is -4.69. The summed E-state index contributed by atoms with van der Waals surface area (Å²) >= 11 is 0. The summed E-state index contributed by atoms with van der Waals surface area (Å²) < 4.78 is 88.3. The molecule has 1 aliphatic carbocycles. The topological polar surface area (TPSA) is 137 Å². The number of alkyl carbamates (subject to hydrolysis) is 1. The monoisotopic (exact) mass is 519 g/mol. The number of amides is 1. The lowest BCUT2D eigenvalue weighted by atomic mass is 10.2. The summed E-state index contributed by atoms with van der Waals surface area (Å²) in [5, 5.41) is 5.54. The first kappa shape index (κ1) is 23.7. The lowest BCUT2D eigenvalue weighted by Gasteiger charge is -2.23. The fraction of sp³-hybridized carbons (Fsp3) is 0.421. The van der Waals surface area contributed by atoms with Gasteiger partial charge in [0, 0.05) is 6.20 Å². The van der Waals surface area contributed by atoms with Crippen molar-refractivity contribution in [3.05, 3.63) is 45.2 Å². The number of nitrogens with one attached hydrogen (secondary N) is 3. The second kappa shape index (κ2) is 7.72. The van der Waals surface area contributed by atoms with Gasteiger partial charge in [0.1, 0.15) is 11.2 Å². The van der Waals surface area contributed by atoms with Crippen LogP contribution in [-0.4, -0.2) is 67.5 Å². The first-order valence-electron chi connectivity index (χ1n) is 10.3. The highest BCUT2D eigenvalue weighted by molar-refractivity contribution is 5.75. The minimum absolute atomic E-state index is 0.130. The fourth-order valence-electron chi connectivity index (χ4n) is 3.91. The molecule has 3 aromatic heterocycles. The van der Waals surface area contributed by atoms with Crippen LogP contribution in [-0.2, 0) is 4.74 Å². The van der Waals surface area contributed by atoms with Crippen molar-refractivity contribution in [2.24, 2.45) is 0 Å². The third kappa shape index (κ3) is 3.93. The van der Waals surface area contributed by atoms with Crippen molar-refractivity contribution in [2.75, 3.05) is 18.0 Å². The van der Waals surface area contributed by atoms with Gasteiger partial charge in [-0.1, -0.05) is 0 Å². The number of halogens is 6. The van der Waals surface area contributed by atoms with Gasteiger partial charge in [-0.15, -0.1) is 0 Å². The van der Waals surface area contributed by atoms with Gasteiger partial charge in [0.25, 0.3) is 5.56 Å². The van der Waals surface area contributed by atoms with E-state index < -0.39 is 73.0 Å². The van der Waals surface area contributed by atoms with Crippen LogP contribution in [0.3, 0.4) is 0 Å². The van der Waals surface area contributed by atoms with E-state index in [9.17, 15) is 40.7 Å². The third-order valence-electron chi connectivity index (χ3n) is 5.98. The number of anilines is 1. The van der Waals surface area contributed by atoms with Crippen molar-refractivity contribution in [1.82, 2.24) is 29.9 Å². The van der Waals surface area contributed by atoms with E-state index in [0.717, 1.165) is 23.4 Å². The molecule has 1 atom stereocenters. The van der Waals surface area contributed by atoms with E-state index in [1.807, 2.05) is 4.98 Å². The van der Waals surface area contributed by atoms with Crippen molar-refractivity contribution >= 4 is 17.4 Å². The van der Waals surface area contributed by atoms with Crippen LogP contribution < -0.4 is 21.5 Å². The summed E-state index contributed by atoms with van der Waals surface area (Å²) in [5.41, 5.74) is -4.98. The molecule has 17 heteroatoms. The van der Waals surface area contributed by atoms with Gasteiger partial charge in [0.15, 0.2) is 11.8 Å². The molecule has 0 spiro atoms. The van der Waals surface area contributed by atoms with Crippen molar-refractivity contribution in [1.29, 1.82) is 0 Å². The predicted molar refractivity (Wildman–Crippen MR) is 108 cm³/mol. The van der Waals surface area contributed by atoms with Gasteiger partial charge in [0.05, 0.1) is 30.5 Å². The molecule has 0 radical (unpaired) electrons. The van der Waals surface area contributed by atoms with Crippen LogP contribution in [0.5, 0.6) is 0 Å². The highest BCUT2D eigenvalue weighted by Crippen LogP contribution is 2.49. The summed E-state index contributed by atoms with van der Waals surface area (Å²) in [6.07, 6.45) is -7.60. The fourth-order valence-corrected chi connectivity index (χ4v) is 3.91. The highest BCUT2D eigenvalue weighted by atomic mass is 19.4. The normalized spacial score (nSPS) is 20.5. The van der Waals surface area contributed by atoms with E-state index in [-0.39, 0.29) is 22.6 Å². The van der Waals surface area contributed by atoms with Gasteiger partial charge in [-0.05, 0) is 18.9 Å². The molecule has 1 aliphatic heterocycles. The third-order valence-corrected chi connectivity index (χ3v) is 5.98. The molecule has 0 bridgehead atoms. The number of alkyl halides is 5. The lowest BCUT2D eigenvalue weighted by Crippen LogP contribution is -2.50. The molecule has 0 unspecified atom stereocenters. The van der Waals surface area contributed by atoms with E-state index in [2.05, 4.69) is 19.8 Å². The van der Waals surface area contributed by atoms with E-state index in [0.29, 0.717) is 4.52 Å². The molecular weight excluding hydrogens is 504 g/mol. The molecule has 5 rings (SSSR count). The van der Waals surface area contributed by atoms with Crippen molar-refractivity contribution in [3.63, 3.8) is 0 Å². The van der Waals surface area contributed by atoms with Crippen LogP contribution in [0.1, 0.15) is 12.8 Å². The van der Waals surface area contributed by atoms with Crippen molar-refractivity contribution < 1.29 is 35.9 Å². The Morgan fingerprint density at radius 1 is 1.25 bits per heavy atom. The second-order valence-electron chi connectivity index (χ2n) is 8.46. The van der Waals surface area contributed by atoms with Crippen molar-refractivity contribution in [3.8, 4) is 11.3 Å². The smallest absolute Gasteiger partial charge is 0.411 e. The van der Waals surface area contributed by atoms with Crippen LogP contribution in [0.4, 0.5) is 36.8 Å². The Labute approximate surface area is 195 Å². The number of imidazole rings is 1. The first-order chi connectivity index (χ1) is 16.8. The summed E-state index contributed by atoms with van der Waals surface area (Å²) in [6, 6.07) is 1.14. The van der Waals surface area contributed by atoms with Crippen LogP contribution in [0.2, 0.25) is 0 Å². The van der Waals surface area contributed by atoms with Gasteiger partial charge in [-0.25, -0.2) is 23.4 Å². The zero-order valence-electron chi connectivity index (χ0n) is 17.8. The number of ether oxygens (including phenoxy) is 1. The Kier molecular flexibility index (Phi) is 5.08. The van der Waals surface area contributed by atoms with Crippen LogP contribution in [0.15, 0.2) is 28.0 Å². The van der Waals surface area contributed by atoms with Crippen LogP contribution in [0.25, 0.3) is 16.9 Å². The maximum atomic E-state index is 14.7. The number of carbonyl (C=O) groups excluding carboxylic acids is 1. The molecular formula is C19H15F6N7O4. The Morgan fingerprint density at radius 3 is 2.61 bits per heavy atom. The van der Waals surface area contributed by atoms with Gasteiger partial charge < -0.3 is 19.9 Å². The van der Waals surface area contributed by atoms with E-state index in [1.54, 1.807) is 5.32 Å². The SMILES string of the molecule is O=C(NC1(C(F)(F)F)CC1)O[C@H]1CN(c2cc(-c3c[nH]c(=O)[nH]c3=O)nn3c(F)cnc23)CC1(F)F. The molecule has 0 aromatic carbocycles. The minimum Gasteiger partial charge on any atom is -0.438 e. The zero-order chi connectivity index (χ0) is 26.0. The molecule has 36 heavy (non-hydrogen) atoms. The number of fused-ring (bicyclic) bond motifs is 1. The molecule has 4 heterocycles. The van der Waals surface area contributed by atoms with E-state index >= 15 is 0 Å². The average Bonchev–Trinajstić information content (AvgIpc) is 3.39. The van der Waals surface area contributed by atoms with Gasteiger partial charge in [-0.3, -0.25) is 9.78 Å². The zero-order valence-corrected chi connectivity index (χ0v) is 17.8. The summed E-state index contributed by atoms with van der Waals surface area (Å²) in [7, 11) is 0. The highest BCUT2D eigenvalue weighted by Gasteiger charge is 2.65. The number of rotatable bonds is 4. The number of hydrogen-bond donors (Lipinski definition) is 3. The number of hydrogen-bond acceptors (Lipinski definition) is 7. The Hall–Kier alpha value is -4.05. The number of nitrogens with zero attached hydrogens (tertiary/aromatic N) is 4. The molecule has 1 saturated carbocycles. The maximum Gasteiger partial charge on any atom is 0.411 e. The summed E-state index contributed by atoms with van der Waals surface area (Å²) in [6.45, 7) is -1.75. The molecule has 3 N–H and O–H groups in total. The van der Waals surface area contributed by atoms with Crippen LogP contribution in [0, 0.1) is 5.95 Å². The largest absolute Gasteiger partial charge is 0.438 e. The minimum atomic E-state index is -4.76. The number of aromatic nitrogens is 5. The number of H-pyrrole nitrogens is 2. The Morgan fingerprint density at radius 2 is 1.97 bits per heavy atom. The molecule has 11 nitrogen and oxygen atoms in total. The molecule has 2 aliphatic rings. The molecule has 192 valence electrons. The standard InChI is InChI=1S/C19H15F6N7O4/c20-12-5-26-13-10(3-9(30-32(12)13)8-4-27-15(34)28-14(8)33)31-6-11(18(21,22)7-31)36-16(35)29-17(1-2-17)19(23,24)25/h3-5,11H,1-2,6-7H2,(H,29,35)(H2,27,28,33,34)/t11-/m0/s1. The van der Waals surface area contributed by atoms with E-state index in [4.69, 9.17) is 0 Å². The molecule has 3 aromatic rings. The lowest BCUT2D eigenvalue weighted by molar-refractivity contribution is -0.165. The van der Waals surface area contributed by atoms with E-state index in [1.165, 1.54) is 0 Å². The van der Waals surface area contributed by atoms with Gasteiger partial charge >= 0.3 is 23.9 Å². The second-order valence-corrected chi connectivity index (χ2v) is 8.46. The average molecular weight is 519 g/mol. The molecule has 1 amide bonds. The first-order valence-corrected chi connectivity index (χ1v) is 10.3. The number of aromatic amines is 2. The number of carbonyl (C=O) groups is 1. The maximum absolute atomic E-state index is 14.7. The van der Waals surface area contributed by atoms with Gasteiger partial charge in [0.2, 0.25) is 5.95 Å². The Bertz CT molecular complexity index is 1480. The quantitative estimate of drug-likeness (QED) is 0.445. The summed E-state index contributed by atoms with van der Waals surface area (Å²) in [4.78, 5) is 44.5. The Balaban J connectivity index is 1.45. The van der Waals surface area contributed by atoms with Crippen LogP contribution >= 0.6 is 0 Å². The van der Waals surface area contributed by atoms with Crippen molar-refractivity contribution in [2.45, 2.75) is 36.6 Å². The predicted octanol–water partition coefficient (Wildman–Crippen LogP) is 1.56. The molecule has 2 fully saturated rings. The molecule has 1 saturated heterocycles.